The standard InChI is InChI=1S/C23H19N3O6S/c1-13-19(22(28)32-3)20(14-8-10-16(31-2)11-9-14)25-21(27)18(33-23(25)24-13)12-15-6-4-5-7-17(15)26(29)30/h4-12,20H,1-3H3. The number of nitro groups is 1. The van der Waals surface area contributed by atoms with Gasteiger partial charge in [-0.1, -0.05) is 35.6 Å². The van der Waals surface area contributed by atoms with Crippen LogP contribution in [0.25, 0.3) is 6.08 Å². The molecule has 1 unspecified atom stereocenters. The average Bonchev–Trinajstić information content (AvgIpc) is 3.12. The SMILES string of the molecule is COC(=O)C1=C(C)N=c2sc(=Cc3ccccc3[N+](=O)[O-])c(=O)n2C1c1ccc(OC)cc1. The van der Waals surface area contributed by atoms with Gasteiger partial charge in [0.15, 0.2) is 4.80 Å². The third-order valence-electron chi connectivity index (χ3n) is 5.28. The molecule has 0 amide bonds. The summed E-state index contributed by atoms with van der Waals surface area (Å²) in [7, 11) is 2.82. The van der Waals surface area contributed by atoms with E-state index < -0.39 is 22.5 Å². The molecular formula is C23H19N3O6S. The number of aromatic nitrogens is 1. The third-order valence-corrected chi connectivity index (χ3v) is 6.26. The smallest absolute Gasteiger partial charge is 0.338 e. The van der Waals surface area contributed by atoms with Crippen LogP contribution in [0.2, 0.25) is 0 Å². The number of benzene rings is 2. The zero-order valence-electron chi connectivity index (χ0n) is 18.0. The van der Waals surface area contributed by atoms with Gasteiger partial charge in [-0.15, -0.1) is 0 Å². The van der Waals surface area contributed by atoms with Gasteiger partial charge in [0.2, 0.25) is 0 Å². The van der Waals surface area contributed by atoms with Gasteiger partial charge in [-0.05, 0) is 36.8 Å². The molecule has 0 radical (unpaired) electrons. The predicted octanol–water partition coefficient (Wildman–Crippen LogP) is 2.33. The highest BCUT2D eigenvalue weighted by molar-refractivity contribution is 7.07. The molecular weight excluding hydrogens is 446 g/mol. The molecule has 33 heavy (non-hydrogen) atoms. The first kappa shape index (κ1) is 22.2. The summed E-state index contributed by atoms with van der Waals surface area (Å²) >= 11 is 1.10. The molecule has 0 spiro atoms. The van der Waals surface area contributed by atoms with Crippen LogP contribution in [0, 0.1) is 10.1 Å². The molecule has 168 valence electrons. The van der Waals surface area contributed by atoms with E-state index in [0.29, 0.717) is 27.4 Å². The van der Waals surface area contributed by atoms with Crippen molar-refractivity contribution < 1.29 is 19.2 Å². The van der Waals surface area contributed by atoms with Crippen LogP contribution in [0.15, 0.2) is 69.6 Å². The van der Waals surface area contributed by atoms with Crippen LogP contribution in [0.1, 0.15) is 24.1 Å². The number of hydrogen-bond acceptors (Lipinski definition) is 8. The lowest BCUT2D eigenvalue weighted by atomic mass is 9.96. The third kappa shape index (κ3) is 3.96. The van der Waals surface area contributed by atoms with Crippen molar-refractivity contribution in [1.29, 1.82) is 0 Å². The predicted molar refractivity (Wildman–Crippen MR) is 122 cm³/mol. The molecule has 0 N–H and O–H groups in total. The van der Waals surface area contributed by atoms with E-state index in [9.17, 15) is 19.7 Å². The van der Waals surface area contributed by atoms with Crippen LogP contribution < -0.4 is 19.6 Å². The second kappa shape index (κ2) is 8.83. The van der Waals surface area contributed by atoms with Crippen LogP contribution in [0.5, 0.6) is 5.75 Å². The second-order valence-electron chi connectivity index (χ2n) is 7.16. The Morgan fingerprint density at radius 1 is 1.18 bits per heavy atom. The lowest BCUT2D eigenvalue weighted by molar-refractivity contribution is -0.385. The number of carbonyl (C=O) groups excluding carboxylic acids is 1. The Bertz CT molecular complexity index is 1470. The number of allylic oxidation sites excluding steroid dienone is 1. The minimum absolute atomic E-state index is 0.110. The van der Waals surface area contributed by atoms with Crippen molar-refractivity contribution >= 4 is 29.1 Å². The van der Waals surface area contributed by atoms with E-state index >= 15 is 0 Å². The Hall–Kier alpha value is -4.05. The first-order valence-corrected chi connectivity index (χ1v) is 10.7. The van der Waals surface area contributed by atoms with Crippen LogP contribution in [-0.2, 0) is 9.53 Å². The molecule has 0 aliphatic carbocycles. The molecule has 3 aromatic rings. The van der Waals surface area contributed by atoms with Gasteiger partial charge < -0.3 is 9.47 Å². The molecule has 2 aromatic carbocycles. The summed E-state index contributed by atoms with van der Waals surface area (Å²) < 4.78 is 11.9. The molecule has 1 aromatic heterocycles. The van der Waals surface area contributed by atoms with Crippen molar-refractivity contribution in [2.24, 2.45) is 4.99 Å². The fourth-order valence-corrected chi connectivity index (χ4v) is 4.75. The van der Waals surface area contributed by atoms with Gasteiger partial charge in [0, 0.05) is 6.07 Å². The Kier molecular flexibility index (Phi) is 5.93. The number of ether oxygens (including phenoxy) is 2. The maximum Gasteiger partial charge on any atom is 0.338 e. The van der Waals surface area contributed by atoms with Crippen LogP contribution in [0.3, 0.4) is 0 Å². The molecule has 1 atom stereocenters. The lowest BCUT2D eigenvalue weighted by Crippen LogP contribution is -2.39. The zero-order valence-corrected chi connectivity index (χ0v) is 18.8. The van der Waals surface area contributed by atoms with Crippen LogP contribution in [-0.4, -0.2) is 29.7 Å². The van der Waals surface area contributed by atoms with Gasteiger partial charge in [-0.3, -0.25) is 19.5 Å². The Labute approximate surface area is 191 Å². The Morgan fingerprint density at radius 3 is 2.52 bits per heavy atom. The molecule has 1 aliphatic rings. The van der Waals surface area contributed by atoms with E-state index in [-0.39, 0.29) is 15.8 Å². The number of thiazole rings is 1. The Balaban J connectivity index is 1.98. The van der Waals surface area contributed by atoms with Gasteiger partial charge >= 0.3 is 5.97 Å². The first-order chi connectivity index (χ1) is 15.8. The fourth-order valence-electron chi connectivity index (χ4n) is 3.71. The topological polar surface area (TPSA) is 113 Å². The van der Waals surface area contributed by atoms with Crippen LogP contribution >= 0.6 is 11.3 Å². The molecule has 0 fully saturated rings. The van der Waals surface area contributed by atoms with Crippen molar-refractivity contribution in [3.05, 3.63) is 101 Å². The number of rotatable bonds is 5. The number of fused-ring (bicyclic) bond motifs is 1. The van der Waals surface area contributed by atoms with Gasteiger partial charge in [-0.25, -0.2) is 9.79 Å². The highest BCUT2D eigenvalue weighted by atomic mass is 32.1. The molecule has 0 saturated carbocycles. The molecule has 0 bridgehead atoms. The van der Waals surface area contributed by atoms with E-state index in [1.807, 2.05) is 0 Å². The van der Waals surface area contributed by atoms with E-state index in [4.69, 9.17) is 9.47 Å². The number of nitrogens with zero attached hydrogens (tertiary/aromatic N) is 3. The van der Waals surface area contributed by atoms with Crippen molar-refractivity contribution in [3.63, 3.8) is 0 Å². The van der Waals surface area contributed by atoms with E-state index in [1.54, 1.807) is 56.5 Å². The zero-order chi connectivity index (χ0) is 23.7. The van der Waals surface area contributed by atoms with E-state index in [0.717, 1.165) is 11.3 Å². The number of hydrogen-bond donors (Lipinski definition) is 0. The highest BCUT2D eigenvalue weighted by Crippen LogP contribution is 2.31. The summed E-state index contributed by atoms with van der Waals surface area (Å²) in [5.74, 6) is 0.0351. The summed E-state index contributed by atoms with van der Waals surface area (Å²) in [5.41, 5.74) is 1.13. The maximum absolute atomic E-state index is 13.5. The van der Waals surface area contributed by atoms with Crippen molar-refractivity contribution in [1.82, 2.24) is 4.57 Å². The van der Waals surface area contributed by atoms with Crippen molar-refractivity contribution in [3.8, 4) is 5.75 Å². The minimum Gasteiger partial charge on any atom is -0.497 e. The molecule has 2 heterocycles. The summed E-state index contributed by atoms with van der Waals surface area (Å²) in [6.07, 6.45) is 1.48. The molecule has 0 saturated heterocycles. The molecule has 10 heteroatoms. The van der Waals surface area contributed by atoms with Crippen molar-refractivity contribution in [2.45, 2.75) is 13.0 Å². The summed E-state index contributed by atoms with van der Waals surface area (Å²) in [5, 5.41) is 11.4. The summed E-state index contributed by atoms with van der Waals surface area (Å²) in [6.45, 7) is 1.68. The monoisotopic (exact) mass is 465 g/mol. The number of nitro benzene ring substituents is 1. The van der Waals surface area contributed by atoms with Crippen LogP contribution in [0.4, 0.5) is 5.69 Å². The molecule has 4 rings (SSSR count). The maximum atomic E-state index is 13.5. The number of carbonyl (C=O) groups is 1. The highest BCUT2D eigenvalue weighted by Gasteiger charge is 2.33. The molecule has 1 aliphatic heterocycles. The number of esters is 1. The largest absolute Gasteiger partial charge is 0.497 e. The lowest BCUT2D eigenvalue weighted by Gasteiger charge is -2.24. The number of methoxy groups -OCH3 is 2. The average molecular weight is 465 g/mol. The number of para-hydroxylation sites is 1. The Morgan fingerprint density at radius 2 is 1.88 bits per heavy atom. The van der Waals surface area contributed by atoms with E-state index in [1.165, 1.54) is 23.8 Å². The minimum atomic E-state index is -0.771. The van der Waals surface area contributed by atoms with Gasteiger partial charge in [0.05, 0.1) is 46.6 Å². The van der Waals surface area contributed by atoms with E-state index in [2.05, 4.69) is 4.99 Å². The summed E-state index contributed by atoms with van der Waals surface area (Å²) in [4.78, 5) is 41.9. The first-order valence-electron chi connectivity index (χ1n) is 9.84. The van der Waals surface area contributed by atoms with Crippen molar-refractivity contribution in [2.75, 3.05) is 14.2 Å². The van der Waals surface area contributed by atoms with Gasteiger partial charge in [0.1, 0.15) is 5.75 Å². The molecule has 9 nitrogen and oxygen atoms in total. The fraction of sp³-hybridized carbons (Fsp3) is 0.174. The van der Waals surface area contributed by atoms with Gasteiger partial charge in [0.25, 0.3) is 11.2 Å². The van der Waals surface area contributed by atoms with Gasteiger partial charge in [-0.2, -0.15) is 0 Å². The summed E-state index contributed by atoms with van der Waals surface area (Å²) in [6, 6.07) is 12.4. The normalized spacial score (nSPS) is 15.6. The second-order valence-corrected chi connectivity index (χ2v) is 8.17. The quantitative estimate of drug-likeness (QED) is 0.325.